The molecule has 1 aromatic heterocycles. The molecule has 1 N–H and O–H groups in total. The summed E-state index contributed by atoms with van der Waals surface area (Å²) in [5.41, 5.74) is 5.25. The molecule has 0 aliphatic rings. The average molecular weight is 229 g/mol. The number of hydrogen-bond donors (Lipinski definition) is 1. The monoisotopic (exact) mass is 229 g/mol. The minimum Gasteiger partial charge on any atom is -0.472 e. The molecular weight excluding hydrogens is 210 g/mol. The highest BCUT2D eigenvalue weighted by molar-refractivity contribution is 5.31. The first-order chi connectivity index (χ1) is 8.20. The second-order valence-electron chi connectivity index (χ2n) is 4.52. The van der Waals surface area contributed by atoms with Crippen LogP contribution in [0, 0.1) is 13.8 Å². The number of furan rings is 1. The van der Waals surface area contributed by atoms with Crippen molar-refractivity contribution in [2.75, 3.05) is 7.05 Å². The zero-order chi connectivity index (χ0) is 12.3. The molecule has 17 heavy (non-hydrogen) atoms. The third-order valence-electron chi connectivity index (χ3n) is 3.31. The zero-order valence-corrected chi connectivity index (χ0v) is 10.7. The van der Waals surface area contributed by atoms with Crippen molar-refractivity contribution in [3.8, 4) is 0 Å². The second kappa shape index (κ2) is 5.19. The lowest BCUT2D eigenvalue weighted by molar-refractivity contribution is 0.542. The fourth-order valence-electron chi connectivity index (χ4n) is 2.03. The Kier molecular flexibility index (Phi) is 3.64. The Morgan fingerprint density at radius 1 is 1.18 bits per heavy atom. The van der Waals surface area contributed by atoms with Crippen LogP contribution >= 0.6 is 0 Å². The van der Waals surface area contributed by atoms with E-state index in [9.17, 15) is 0 Å². The van der Waals surface area contributed by atoms with Crippen molar-refractivity contribution in [1.29, 1.82) is 0 Å². The van der Waals surface area contributed by atoms with E-state index in [1.807, 2.05) is 19.4 Å². The minimum atomic E-state index is 0.316. The Labute approximate surface area is 103 Å². The molecule has 0 spiro atoms. The van der Waals surface area contributed by atoms with Crippen molar-refractivity contribution in [3.63, 3.8) is 0 Å². The van der Waals surface area contributed by atoms with Gasteiger partial charge < -0.3 is 9.73 Å². The van der Waals surface area contributed by atoms with Crippen LogP contribution in [0.15, 0.2) is 41.2 Å². The van der Waals surface area contributed by atoms with Crippen LogP contribution in [-0.2, 0) is 6.42 Å². The fraction of sp³-hybridized carbons (Fsp3) is 0.333. The van der Waals surface area contributed by atoms with Crippen LogP contribution in [0.4, 0.5) is 0 Å². The van der Waals surface area contributed by atoms with E-state index in [1.165, 1.54) is 22.3 Å². The smallest absolute Gasteiger partial charge is 0.0950 e. The van der Waals surface area contributed by atoms with Crippen molar-refractivity contribution in [3.05, 3.63) is 59.0 Å². The molecule has 2 heteroatoms. The summed E-state index contributed by atoms with van der Waals surface area (Å²) >= 11 is 0. The van der Waals surface area contributed by atoms with Gasteiger partial charge in [-0.3, -0.25) is 0 Å². The number of hydrogen-bond acceptors (Lipinski definition) is 2. The molecule has 0 bridgehead atoms. The molecule has 2 rings (SSSR count). The van der Waals surface area contributed by atoms with Gasteiger partial charge in [0.25, 0.3) is 0 Å². The Bertz CT molecular complexity index is 474. The predicted octanol–water partition coefficient (Wildman–Crippen LogP) is 3.40. The third kappa shape index (κ3) is 2.77. The summed E-state index contributed by atoms with van der Waals surface area (Å²) < 4.78 is 5.14. The van der Waals surface area contributed by atoms with Gasteiger partial charge in [0.15, 0.2) is 0 Å². The lowest BCUT2D eigenvalue weighted by Crippen LogP contribution is -2.18. The van der Waals surface area contributed by atoms with Crippen molar-refractivity contribution >= 4 is 0 Å². The number of nitrogens with one attached hydrogen (secondary N) is 1. The van der Waals surface area contributed by atoms with Gasteiger partial charge in [0.05, 0.1) is 12.5 Å². The molecule has 0 aliphatic carbocycles. The van der Waals surface area contributed by atoms with Gasteiger partial charge in [-0.1, -0.05) is 18.2 Å². The maximum atomic E-state index is 5.14. The van der Waals surface area contributed by atoms with Crippen molar-refractivity contribution in [2.45, 2.75) is 26.3 Å². The normalized spacial score (nSPS) is 12.6. The number of likely N-dealkylation sites (N-methyl/N-ethyl adjacent to an activating group) is 1. The Balaban J connectivity index is 2.16. The van der Waals surface area contributed by atoms with E-state index in [2.05, 4.69) is 37.4 Å². The molecule has 0 fully saturated rings. The average Bonchev–Trinajstić information content (AvgIpc) is 2.84. The number of benzene rings is 1. The summed E-state index contributed by atoms with van der Waals surface area (Å²) in [5, 5.41) is 3.33. The van der Waals surface area contributed by atoms with Gasteiger partial charge in [-0.25, -0.2) is 0 Å². The molecule has 0 saturated carbocycles. The predicted molar refractivity (Wildman–Crippen MR) is 70.1 cm³/mol. The molecular formula is C15H19NO. The van der Waals surface area contributed by atoms with Gasteiger partial charge in [-0.2, -0.15) is 0 Å². The molecule has 0 amide bonds. The van der Waals surface area contributed by atoms with Gasteiger partial charge >= 0.3 is 0 Å². The van der Waals surface area contributed by atoms with E-state index in [-0.39, 0.29) is 0 Å². The van der Waals surface area contributed by atoms with Gasteiger partial charge in [0, 0.05) is 11.6 Å². The molecule has 2 aromatic rings. The molecule has 0 aliphatic heterocycles. The summed E-state index contributed by atoms with van der Waals surface area (Å²) in [6, 6.07) is 8.98. The van der Waals surface area contributed by atoms with E-state index in [1.54, 1.807) is 6.26 Å². The maximum Gasteiger partial charge on any atom is 0.0950 e. The van der Waals surface area contributed by atoms with Crippen LogP contribution in [0.1, 0.15) is 28.3 Å². The van der Waals surface area contributed by atoms with E-state index < -0.39 is 0 Å². The SMILES string of the molecule is CNC(Cc1ccc(C)c(C)c1)c1ccoc1. The van der Waals surface area contributed by atoms with Gasteiger partial charge in [0.1, 0.15) is 0 Å². The molecule has 90 valence electrons. The summed E-state index contributed by atoms with van der Waals surface area (Å²) in [7, 11) is 1.98. The largest absolute Gasteiger partial charge is 0.472 e. The summed E-state index contributed by atoms with van der Waals surface area (Å²) in [5.74, 6) is 0. The van der Waals surface area contributed by atoms with E-state index in [0.717, 1.165) is 6.42 Å². The Hall–Kier alpha value is -1.54. The van der Waals surface area contributed by atoms with Crippen LogP contribution < -0.4 is 5.32 Å². The Morgan fingerprint density at radius 3 is 2.59 bits per heavy atom. The second-order valence-corrected chi connectivity index (χ2v) is 4.52. The van der Waals surface area contributed by atoms with Crippen molar-refractivity contribution in [1.82, 2.24) is 5.32 Å². The first kappa shape index (κ1) is 11.9. The Morgan fingerprint density at radius 2 is 2.00 bits per heavy atom. The first-order valence-corrected chi connectivity index (χ1v) is 5.96. The molecule has 0 saturated heterocycles. The zero-order valence-electron chi connectivity index (χ0n) is 10.7. The number of aryl methyl sites for hydroxylation is 2. The molecule has 1 unspecified atom stereocenters. The van der Waals surface area contributed by atoms with Crippen LogP contribution in [0.25, 0.3) is 0 Å². The summed E-state index contributed by atoms with van der Waals surface area (Å²) in [6.45, 7) is 4.30. The van der Waals surface area contributed by atoms with E-state index in [0.29, 0.717) is 6.04 Å². The fourth-order valence-corrected chi connectivity index (χ4v) is 2.03. The van der Waals surface area contributed by atoms with Crippen LogP contribution in [-0.4, -0.2) is 7.05 Å². The lowest BCUT2D eigenvalue weighted by Gasteiger charge is -2.15. The van der Waals surface area contributed by atoms with Gasteiger partial charge in [-0.15, -0.1) is 0 Å². The van der Waals surface area contributed by atoms with Crippen molar-refractivity contribution < 1.29 is 4.42 Å². The molecule has 1 atom stereocenters. The van der Waals surface area contributed by atoms with Crippen LogP contribution in [0.5, 0.6) is 0 Å². The first-order valence-electron chi connectivity index (χ1n) is 5.96. The molecule has 1 heterocycles. The van der Waals surface area contributed by atoms with Gasteiger partial charge in [-0.05, 0) is 50.1 Å². The van der Waals surface area contributed by atoms with Crippen LogP contribution in [0.2, 0.25) is 0 Å². The lowest BCUT2D eigenvalue weighted by atomic mass is 9.98. The quantitative estimate of drug-likeness (QED) is 0.869. The molecule has 2 nitrogen and oxygen atoms in total. The molecule has 1 aromatic carbocycles. The number of rotatable bonds is 4. The minimum absolute atomic E-state index is 0.316. The highest BCUT2D eigenvalue weighted by Crippen LogP contribution is 2.20. The van der Waals surface area contributed by atoms with E-state index >= 15 is 0 Å². The third-order valence-corrected chi connectivity index (χ3v) is 3.31. The van der Waals surface area contributed by atoms with Crippen LogP contribution in [0.3, 0.4) is 0 Å². The van der Waals surface area contributed by atoms with Crippen molar-refractivity contribution in [2.24, 2.45) is 0 Å². The molecule has 0 radical (unpaired) electrons. The maximum absolute atomic E-state index is 5.14. The highest BCUT2D eigenvalue weighted by atomic mass is 16.3. The standard InChI is InChI=1S/C15H19NO/c1-11-4-5-13(8-12(11)2)9-15(16-3)14-6-7-17-10-14/h4-8,10,15-16H,9H2,1-3H3. The highest BCUT2D eigenvalue weighted by Gasteiger charge is 2.11. The summed E-state index contributed by atoms with van der Waals surface area (Å²) in [4.78, 5) is 0. The van der Waals surface area contributed by atoms with E-state index in [4.69, 9.17) is 4.42 Å². The summed E-state index contributed by atoms with van der Waals surface area (Å²) in [6.07, 6.45) is 4.51. The topological polar surface area (TPSA) is 25.2 Å². The van der Waals surface area contributed by atoms with Gasteiger partial charge in [0.2, 0.25) is 0 Å².